The number of hydrazine groups is 1. The lowest BCUT2D eigenvalue weighted by molar-refractivity contribution is -0.146. The number of carboxylic acids is 1. The summed E-state index contributed by atoms with van der Waals surface area (Å²) in [5.41, 5.74) is 0. The van der Waals surface area contributed by atoms with Gasteiger partial charge in [0.1, 0.15) is 0 Å². The van der Waals surface area contributed by atoms with Gasteiger partial charge in [-0.15, -0.1) is 0 Å². The molecule has 0 heterocycles. The van der Waals surface area contributed by atoms with Crippen LogP contribution in [0.3, 0.4) is 0 Å². The number of aliphatic carboxylic acids is 1. The molecule has 0 atom stereocenters. The minimum atomic E-state index is -0.808. The van der Waals surface area contributed by atoms with Crippen LogP contribution >= 0.6 is 0 Å². The van der Waals surface area contributed by atoms with Crippen LogP contribution in [-0.2, 0) is 9.59 Å². The zero-order valence-electron chi connectivity index (χ0n) is 18.2. The lowest BCUT2D eigenvalue weighted by atomic mass is 10.0. The number of hydrogen-bond acceptors (Lipinski definition) is 3. The third-order valence-corrected chi connectivity index (χ3v) is 5.03. The van der Waals surface area contributed by atoms with Gasteiger partial charge >= 0.3 is 5.97 Å². The van der Waals surface area contributed by atoms with Crippen molar-refractivity contribution in [2.45, 2.75) is 110 Å². The highest BCUT2D eigenvalue weighted by Gasteiger charge is 2.15. The highest BCUT2D eigenvalue weighted by Crippen LogP contribution is 2.13. The van der Waals surface area contributed by atoms with E-state index in [9.17, 15) is 9.59 Å². The minimum Gasteiger partial charge on any atom is -0.481 e. The van der Waals surface area contributed by atoms with Gasteiger partial charge in [-0.3, -0.25) is 14.6 Å². The molecule has 0 rings (SSSR count). The molecule has 0 spiro atoms. The summed E-state index contributed by atoms with van der Waals surface area (Å²) in [5.74, 6) is -0.703. The fraction of sp³-hybridized carbons (Fsp3) is 0.909. The predicted molar refractivity (Wildman–Crippen MR) is 113 cm³/mol. The SMILES string of the molecule is CCCCCCCCCCCCCCCC(=O)N(CCCC(=O)O)N(C)C. The van der Waals surface area contributed by atoms with Crippen molar-refractivity contribution in [1.82, 2.24) is 10.0 Å². The highest BCUT2D eigenvalue weighted by atomic mass is 16.4. The molecule has 0 radical (unpaired) electrons. The fourth-order valence-electron chi connectivity index (χ4n) is 3.35. The van der Waals surface area contributed by atoms with Gasteiger partial charge in [-0.1, -0.05) is 84.0 Å². The summed E-state index contributed by atoms with van der Waals surface area (Å²) in [6.45, 7) is 2.74. The Hall–Kier alpha value is -1.10. The normalized spacial score (nSPS) is 11.1. The number of carboxylic acid groups (broad SMARTS) is 1. The first-order valence-corrected chi connectivity index (χ1v) is 11.2. The molecule has 0 saturated carbocycles. The fourth-order valence-corrected chi connectivity index (χ4v) is 3.35. The number of unbranched alkanes of at least 4 members (excludes halogenated alkanes) is 12. The molecule has 0 aliphatic rings. The molecule has 1 amide bonds. The van der Waals surface area contributed by atoms with E-state index < -0.39 is 5.97 Å². The van der Waals surface area contributed by atoms with Crippen molar-refractivity contribution in [2.75, 3.05) is 20.6 Å². The molecule has 1 N–H and O–H groups in total. The second-order valence-corrected chi connectivity index (χ2v) is 7.85. The molecule has 5 nitrogen and oxygen atoms in total. The molecule has 160 valence electrons. The lowest BCUT2D eigenvalue weighted by Gasteiger charge is -2.29. The summed E-state index contributed by atoms with van der Waals surface area (Å²) in [5, 5.41) is 12.2. The van der Waals surface area contributed by atoms with Crippen LogP contribution in [0.2, 0.25) is 0 Å². The van der Waals surface area contributed by atoms with Crippen molar-refractivity contribution in [3.05, 3.63) is 0 Å². The van der Waals surface area contributed by atoms with E-state index in [2.05, 4.69) is 6.92 Å². The number of rotatable bonds is 19. The van der Waals surface area contributed by atoms with Crippen LogP contribution in [-0.4, -0.2) is 47.6 Å². The summed E-state index contributed by atoms with van der Waals surface area (Å²) < 4.78 is 0. The van der Waals surface area contributed by atoms with Gasteiger partial charge in [-0.05, 0) is 12.8 Å². The number of carbonyl (C=O) groups is 2. The van der Waals surface area contributed by atoms with Crippen LogP contribution in [0.1, 0.15) is 110 Å². The van der Waals surface area contributed by atoms with E-state index in [1.165, 1.54) is 70.6 Å². The van der Waals surface area contributed by atoms with Crippen molar-refractivity contribution >= 4 is 11.9 Å². The lowest BCUT2D eigenvalue weighted by Crippen LogP contribution is -2.42. The third kappa shape index (κ3) is 16.8. The zero-order chi connectivity index (χ0) is 20.3. The maximum Gasteiger partial charge on any atom is 0.303 e. The molecule has 0 aromatic carbocycles. The first-order chi connectivity index (χ1) is 13.0. The molecule has 0 aromatic heterocycles. The Morgan fingerprint density at radius 3 is 1.52 bits per heavy atom. The van der Waals surface area contributed by atoms with Gasteiger partial charge in [-0.2, -0.15) is 0 Å². The Morgan fingerprint density at radius 1 is 0.667 bits per heavy atom. The van der Waals surface area contributed by atoms with Crippen molar-refractivity contribution < 1.29 is 14.7 Å². The Labute approximate surface area is 167 Å². The largest absolute Gasteiger partial charge is 0.481 e. The monoisotopic (exact) mass is 384 g/mol. The van der Waals surface area contributed by atoms with Crippen LogP contribution in [0.4, 0.5) is 0 Å². The molecule has 0 aromatic rings. The van der Waals surface area contributed by atoms with E-state index in [1.807, 2.05) is 14.1 Å². The molecule has 0 aliphatic carbocycles. The average molecular weight is 385 g/mol. The average Bonchev–Trinajstić information content (AvgIpc) is 2.62. The highest BCUT2D eigenvalue weighted by molar-refractivity contribution is 5.75. The summed E-state index contributed by atoms with van der Waals surface area (Å²) in [6, 6.07) is 0. The van der Waals surface area contributed by atoms with E-state index in [0.717, 1.165) is 12.8 Å². The Balaban J connectivity index is 3.56. The number of nitrogens with zero attached hydrogens (tertiary/aromatic N) is 2. The van der Waals surface area contributed by atoms with E-state index in [1.54, 1.807) is 10.0 Å². The van der Waals surface area contributed by atoms with Crippen LogP contribution in [0.25, 0.3) is 0 Å². The molecule has 5 heteroatoms. The summed E-state index contributed by atoms with van der Waals surface area (Å²) in [6.07, 6.45) is 18.0. The first kappa shape index (κ1) is 25.9. The molecule has 27 heavy (non-hydrogen) atoms. The van der Waals surface area contributed by atoms with Gasteiger partial charge in [0.25, 0.3) is 0 Å². The van der Waals surface area contributed by atoms with Gasteiger partial charge < -0.3 is 5.11 Å². The van der Waals surface area contributed by atoms with Crippen LogP contribution < -0.4 is 0 Å². The van der Waals surface area contributed by atoms with E-state index in [4.69, 9.17) is 5.11 Å². The number of amides is 1. The topological polar surface area (TPSA) is 60.9 Å². The van der Waals surface area contributed by atoms with E-state index >= 15 is 0 Å². The van der Waals surface area contributed by atoms with Crippen molar-refractivity contribution in [2.24, 2.45) is 0 Å². The maximum absolute atomic E-state index is 12.3. The van der Waals surface area contributed by atoms with Gasteiger partial charge in [0.05, 0.1) is 0 Å². The Kier molecular flexibility index (Phi) is 17.5. The molecule has 0 saturated heterocycles. The Morgan fingerprint density at radius 2 is 1.11 bits per heavy atom. The van der Waals surface area contributed by atoms with E-state index in [0.29, 0.717) is 19.4 Å². The van der Waals surface area contributed by atoms with Crippen LogP contribution in [0.5, 0.6) is 0 Å². The molecular formula is C22H44N2O3. The smallest absolute Gasteiger partial charge is 0.303 e. The molecule has 0 unspecified atom stereocenters. The molecular weight excluding hydrogens is 340 g/mol. The van der Waals surface area contributed by atoms with Crippen LogP contribution in [0.15, 0.2) is 0 Å². The van der Waals surface area contributed by atoms with Crippen molar-refractivity contribution in [1.29, 1.82) is 0 Å². The van der Waals surface area contributed by atoms with E-state index in [-0.39, 0.29) is 12.3 Å². The van der Waals surface area contributed by atoms with Crippen molar-refractivity contribution in [3.63, 3.8) is 0 Å². The summed E-state index contributed by atoms with van der Waals surface area (Å²) >= 11 is 0. The maximum atomic E-state index is 12.3. The standard InChI is InChI=1S/C22H44N2O3/c1-4-5-6-7-8-9-10-11-12-13-14-15-16-18-21(25)24(23(2)3)20-17-19-22(26)27/h4-20H2,1-3H3,(H,26,27). The summed E-state index contributed by atoms with van der Waals surface area (Å²) in [7, 11) is 3.67. The van der Waals surface area contributed by atoms with Gasteiger partial charge in [0.2, 0.25) is 5.91 Å². The minimum absolute atomic E-state index is 0.105. The Bertz CT molecular complexity index is 373. The second kappa shape index (κ2) is 18.3. The van der Waals surface area contributed by atoms with Gasteiger partial charge in [-0.25, -0.2) is 5.01 Å². The predicted octanol–water partition coefficient (Wildman–Crippen LogP) is 5.64. The van der Waals surface area contributed by atoms with Gasteiger partial charge in [0.15, 0.2) is 0 Å². The number of carbonyl (C=O) groups excluding carboxylic acids is 1. The van der Waals surface area contributed by atoms with Crippen LogP contribution in [0, 0.1) is 0 Å². The first-order valence-electron chi connectivity index (χ1n) is 11.2. The summed E-state index contributed by atoms with van der Waals surface area (Å²) in [4.78, 5) is 22.9. The second-order valence-electron chi connectivity index (χ2n) is 7.85. The third-order valence-electron chi connectivity index (χ3n) is 5.03. The number of hydrogen-bond donors (Lipinski definition) is 1. The molecule has 0 fully saturated rings. The zero-order valence-corrected chi connectivity index (χ0v) is 18.2. The van der Waals surface area contributed by atoms with Crippen molar-refractivity contribution in [3.8, 4) is 0 Å². The molecule has 0 bridgehead atoms. The quantitative estimate of drug-likeness (QED) is 0.231. The molecule has 0 aliphatic heterocycles. The van der Waals surface area contributed by atoms with Gasteiger partial charge in [0, 0.05) is 33.5 Å².